The minimum Gasteiger partial charge on any atom is -0.260 e. The van der Waals surface area contributed by atoms with Crippen LogP contribution in [0.25, 0.3) is 0 Å². The van der Waals surface area contributed by atoms with Crippen LogP contribution in [0, 0.1) is 6.92 Å². The van der Waals surface area contributed by atoms with Crippen LogP contribution in [0.1, 0.15) is 18.2 Å². The summed E-state index contributed by atoms with van der Waals surface area (Å²) in [5, 5.41) is 0. The van der Waals surface area contributed by atoms with E-state index in [4.69, 9.17) is 0 Å². The van der Waals surface area contributed by atoms with Crippen molar-refractivity contribution >= 4 is 26.0 Å². The number of pyridine rings is 1. The van der Waals surface area contributed by atoms with Crippen LogP contribution in [0.5, 0.6) is 0 Å². The highest BCUT2D eigenvalue weighted by atomic mass is 79.9. The lowest BCUT2D eigenvalue weighted by molar-refractivity contribution is 0.419. The maximum absolute atomic E-state index is 12.7. The molecule has 1 aromatic carbocycles. The van der Waals surface area contributed by atoms with Crippen molar-refractivity contribution in [3.8, 4) is 0 Å². The van der Waals surface area contributed by atoms with E-state index in [1.165, 1.54) is 4.31 Å². The molecule has 0 aliphatic heterocycles. The summed E-state index contributed by atoms with van der Waals surface area (Å²) in [7, 11) is -3.52. The SMILES string of the molecule is CCN(Cc1ccccn1)S(=O)(=O)c1ccc(Br)c(C)c1. The van der Waals surface area contributed by atoms with Crippen LogP contribution in [0.15, 0.2) is 52.0 Å². The second-order valence-electron chi connectivity index (χ2n) is 4.66. The molecule has 21 heavy (non-hydrogen) atoms. The summed E-state index contributed by atoms with van der Waals surface area (Å²) in [6.07, 6.45) is 1.67. The number of halogens is 1. The lowest BCUT2D eigenvalue weighted by atomic mass is 10.2. The van der Waals surface area contributed by atoms with E-state index < -0.39 is 10.0 Å². The van der Waals surface area contributed by atoms with Gasteiger partial charge in [-0.25, -0.2) is 8.42 Å². The molecule has 0 unspecified atom stereocenters. The van der Waals surface area contributed by atoms with Gasteiger partial charge in [-0.3, -0.25) is 4.98 Å². The summed E-state index contributed by atoms with van der Waals surface area (Å²) in [5.74, 6) is 0. The zero-order chi connectivity index (χ0) is 15.5. The smallest absolute Gasteiger partial charge is 0.243 e. The van der Waals surface area contributed by atoms with Crippen molar-refractivity contribution in [1.82, 2.24) is 9.29 Å². The van der Waals surface area contributed by atoms with E-state index in [0.29, 0.717) is 11.4 Å². The number of nitrogens with zero attached hydrogens (tertiary/aromatic N) is 2. The van der Waals surface area contributed by atoms with Gasteiger partial charge in [0.2, 0.25) is 10.0 Å². The van der Waals surface area contributed by atoms with Crippen LogP contribution in [-0.2, 0) is 16.6 Å². The molecule has 0 amide bonds. The molecule has 0 N–H and O–H groups in total. The Morgan fingerprint density at radius 2 is 2.00 bits per heavy atom. The van der Waals surface area contributed by atoms with Crippen LogP contribution in [0.3, 0.4) is 0 Å². The second-order valence-corrected chi connectivity index (χ2v) is 7.46. The average Bonchev–Trinajstić information content (AvgIpc) is 2.48. The van der Waals surface area contributed by atoms with E-state index in [2.05, 4.69) is 20.9 Å². The summed E-state index contributed by atoms with van der Waals surface area (Å²) < 4.78 is 27.8. The monoisotopic (exact) mass is 368 g/mol. The van der Waals surface area contributed by atoms with Crippen LogP contribution in [-0.4, -0.2) is 24.3 Å². The molecule has 0 saturated heterocycles. The predicted octanol–water partition coefficient (Wildman–Crippen LogP) is 3.36. The summed E-state index contributed by atoms with van der Waals surface area (Å²) >= 11 is 3.39. The number of hydrogen-bond donors (Lipinski definition) is 0. The molecule has 4 nitrogen and oxygen atoms in total. The van der Waals surface area contributed by atoms with Gasteiger partial charge in [0.1, 0.15) is 0 Å². The molecular formula is C15H17BrN2O2S. The first kappa shape index (κ1) is 16.1. The lowest BCUT2D eigenvalue weighted by Gasteiger charge is -2.20. The molecule has 0 bridgehead atoms. The van der Waals surface area contributed by atoms with Crippen molar-refractivity contribution in [2.24, 2.45) is 0 Å². The zero-order valence-electron chi connectivity index (χ0n) is 12.0. The third kappa shape index (κ3) is 3.70. The normalized spacial score (nSPS) is 11.8. The van der Waals surface area contributed by atoms with Gasteiger partial charge in [0.25, 0.3) is 0 Å². The van der Waals surface area contributed by atoms with Gasteiger partial charge in [0.05, 0.1) is 17.1 Å². The maximum Gasteiger partial charge on any atom is 0.243 e. The van der Waals surface area contributed by atoms with E-state index in [9.17, 15) is 8.42 Å². The Balaban J connectivity index is 2.33. The number of hydrogen-bond acceptors (Lipinski definition) is 3. The van der Waals surface area contributed by atoms with Crippen molar-refractivity contribution in [1.29, 1.82) is 0 Å². The molecule has 0 radical (unpaired) electrons. The third-order valence-corrected chi connectivity index (χ3v) is 5.99. The Labute approximate surface area is 134 Å². The summed E-state index contributed by atoms with van der Waals surface area (Å²) in [4.78, 5) is 4.50. The number of rotatable bonds is 5. The van der Waals surface area contributed by atoms with Gasteiger partial charge in [0.15, 0.2) is 0 Å². The molecule has 1 aromatic heterocycles. The van der Waals surface area contributed by atoms with Gasteiger partial charge in [-0.1, -0.05) is 28.9 Å². The van der Waals surface area contributed by atoms with E-state index in [0.717, 1.165) is 15.7 Å². The molecule has 2 rings (SSSR count). The van der Waals surface area contributed by atoms with Crippen molar-refractivity contribution in [3.05, 3.63) is 58.3 Å². The molecule has 0 atom stereocenters. The average molecular weight is 369 g/mol. The highest BCUT2D eigenvalue weighted by molar-refractivity contribution is 9.10. The highest BCUT2D eigenvalue weighted by Gasteiger charge is 2.23. The van der Waals surface area contributed by atoms with Crippen LogP contribution < -0.4 is 0 Å². The molecular weight excluding hydrogens is 352 g/mol. The quantitative estimate of drug-likeness (QED) is 0.812. The molecule has 0 saturated carbocycles. The lowest BCUT2D eigenvalue weighted by Crippen LogP contribution is -2.30. The van der Waals surface area contributed by atoms with Gasteiger partial charge in [-0.2, -0.15) is 4.31 Å². The predicted molar refractivity (Wildman–Crippen MR) is 86.4 cm³/mol. The largest absolute Gasteiger partial charge is 0.260 e. The Kier molecular flexibility index (Phi) is 5.13. The second kappa shape index (κ2) is 6.68. The molecule has 112 valence electrons. The molecule has 0 spiro atoms. The van der Waals surface area contributed by atoms with E-state index in [-0.39, 0.29) is 6.54 Å². The van der Waals surface area contributed by atoms with Crippen LogP contribution in [0.4, 0.5) is 0 Å². The first-order valence-corrected chi connectivity index (χ1v) is 8.84. The minimum absolute atomic E-state index is 0.273. The van der Waals surface area contributed by atoms with Crippen molar-refractivity contribution in [2.45, 2.75) is 25.3 Å². The van der Waals surface area contributed by atoms with Crippen LogP contribution >= 0.6 is 15.9 Å². The van der Waals surface area contributed by atoms with Gasteiger partial charge in [-0.15, -0.1) is 0 Å². The van der Waals surface area contributed by atoms with E-state index in [1.54, 1.807) is 24.4 Å². The van der Waals surface area contributed by atoms with E-state index in [1.807, 2.05) is 32.0 Å². The highest BCUT2D eigenvalue weighted by Crippen LogP contribution is 2.23. The Bertz CT molecular complexity index is 718. The van der Waals surface area contributed by atoms with Crippen molar-refractivity contribution < 1.29 is 8.42 Å². The number of aryl methyl sites for hydroxylation is 1. The first-order chi connectivity index (χ1) is 9.95. The number of benzene rings is 1. The zero-order valence-corrected chi connectivity index (χ0v) is 14.4. The van der Waals surface area contributed by atoms with Gasteiger partial charge in [0, 0.05) is 17.2 Å². The van der Waals surface area contributed by atoms with Gasteiger partial charge >= 0.3 is 0 Å². The van der Waals surface area contributed by atoms with Gasteiger partial charge in [-0.05, 0) is 42.8 Å². The Morgan fingerprint density at radius 1 is 1.24 bits per heavy atom. The fourth-order valence-electron chi connectivity index (χ4n) is 1.97. The van der Waals surface area contributed by atoms with Crippen LogP contribution in [0.2, 0.25) is 0 Å². The number of aromatic nitrogens is 1. The van der Waals surface area contributed by atoms with Crippen molar-refractivity contribution in [2.75, 3.05) is 6.54 Å². The Hall–Kier alpha value is -1.24. The molecule has 2 aromatic rings. The fraction of sp³-hybridized carbons (Fsp3) is 0.267. The molecule has 0 aliphatic rings. The molecule has 0 aliphatic carbocycles. The topological polar surface area (TPSA) is 50.3 Å². The van der Waals surface area contributed by atoms with Gasteiger partial charge < -0.3 is 0 Å². The van der Waals surface area contributed by atoms with E-state index >= 15 is 0 Å². The Morgan fingerprint density at radius 3 is 2.57 bits per heavy atom. The first-order valence-electron chi connectivity index (χ1n) is 6.61. The third-order valence-electron chi connectivity index (χ3n) is 3.18. The fourth-order valence-corrected chi connectivity index (χ4v) is 3.72. The minimum atomic E-state index is -3.52. The number of sulfonamides is 1. The molecule has 1 heterocycles. The molecule has 0 fully saturated rings. The summed E-state index contributed by atoms with van der Waals surface area (Å²) in [5.41, 5.74) is 1.63. The summed E-state index contributed by atoms with van der Waals surface area (Å²) in [6, 6.07) is 10.6. The standard InChI is InChI=1S/C15H17BrN2O2S/c1-3-18(11-13-6-4-5-9-17-13)21(19,20)14-7-8-15(16)12(2)10-14/h4-10H,3,11H2,1-2H3. The summed E-state index contributed by atoms with van der Waals surface area (Å²) in [6.45, 7) is 4.37. The maximum atomic E-state index is 12.7. The molecule has 6 heteroatoms. The van der Waals surface area contributed by atoms with Crippen molar-refractivity contribution in [3.63, 3.8) is 0 Å².